The lowest BCUT2D eigenvalue weighted by molar-refractivity contribution is -0.296. The van der Waals surface area contributed by atoms with Crippen LogP contribution in [0.5, 0.6) is 0 Å². The first kappa shape index (κ1) is 42.4. The molecular weight excluding hydrogens is 733 g/mol. The summed E-state index contributed by atoms with van der Waals surface area (Å²) in [5, 5.41) is 20.9. The monoisotopic (exact) mass is 786 g/mol. The summed E-state index contributed by atoms with van der Waals surface area (Å²) >= 11 is 1.41. The molecule has 0 spiro atoms. The predicted molar refractivity (Wildman–Crippen MR) is 199 cm³/mol. The Morgan fingerprint density at radius 1 is 1.09 bits per heavy atom. The zero-order valence-corrected chi connectivity index (χ0v) is 34.0. The molecule has 55 heavy (non-hydrogen) atoms. The van der Waals surface area contributed by atoms with Gasteiger partial charge in [-0.3, -0.25) is 14.4 Å². The number of esters is 1. The molecule has 3 aliphatic heterocycles. The van der Waals surface area contributed by atoms with Crippen LogP contribution in [0.25, 0.3) is 10.7 Å². The highest BCUT2D eigenvalue weighted by molar-refractivity contribution is 7.13. The molecule has 0 radical (unpaired) electrons. The molecule has 2 N–H and O–H groups in total. The Morgan fingerprint density at radius 2 is 1.82 bits per heavy atom. The third kappa shape index (κ3) is 8.97. The maximum atomic E-state index is 14.4. The number of aromatic nitrogens is 2. The molecule has 13 atom stereocenters. The minimum absolute atomic E-state index is 0.0282. The second-order valence-corrected chi connectivity index (χ2v) is 16.6. The molecule has 2 aromatic heterocycles. The van der Waals surface area contributed by atoms with E-state index in [0.29, 0.717) is 17.1 Å². The standard InChI is InChI=1S/C39H54N4O11S/c1-11-28-39(8)32(41-37(48)53-39)22(4)29(44)20(2)19-38(7,49-15-12-13-25-18-26(42-54-25)34-40-14-16-55-34)33(23(5)30(45)24(6)35(47)51-28)52-36-31(46)27(43(9)10)17-21(3)50-36/h14,16,18,20-24,27-28,31-33,36,46H,11,15,17,19H2,1-10H3,(H,41,48)/t20-,21-,22-,23+,24-,27+,28+,31-,32-,33-,36+,38+,39-/m1/s1. The minimum Gasteiger partial charge on any atom is -0.458 e. The lowest BCUT2D eigenvalue weighted by Gasteiger charge is -2.47. The van der Waals surface area contributed by atoms with Crippen LogP contribution in [0.15, 0.2) is 22.2 Å². The van der Waals surface area contributed by atoms with Crippen molar-refractivity contribution >= 4 is 35.0 Å². The van der Waals surface area contributed by atoms with E-state index in [1.165, 1.54) is 18.3 Å². The van der Waals surface area contributed by atoms with Crippen LogP contribution in [-0.2, 0) is 38.1 Å². The normalized spacial score (nSPS) is 37.6. The zero-order chi connectivity index (χ0) is 40.4. The van der Waals surface area contributed by atoms with Gasteiger partial charge < -0.3 is 43.5 Å². The largest absolute Gasteiger partial charge is 0.458 e. The molecule has 0 unspecified atom stereocenters. The number of fused-ring (bicyclic) bond motifs is 1. The van der Waals surface area contributed by atoms with Gasteiger partial charge >= 0.3 is 12.1 Å². The van der Waals surface area contributed by atoms with Gasteiger partial charge in [-0.05, 0) is 67.0 Å². The highest BCUT2D eigenvalue weighted by atomic mass is 32.1. The number of Topliss-reactive ketones (excluding diaryl/α,β-unsaturated/α-hetero) is 2. The van der Waals surface area contributed by atoms with Gasteiger partial charge in [-0.2, -0.15) is 0 Å². The maximum Gasteiger partial charge on any atom is 0.408 e. The number of aliphatic hydroxyl groups excluding tert-OH is 1. The average Bonchev–Trinajstić information content (AvgIpc) is 3.91. The molecular formula is C39H54N4O11S. The Bertz CT molecular complexity index is 1760. The number of carbonyl (C=O) groups excluding carboxylic acids is 4. The number of ether oxygens (including phenoxy) is 5. The van der Waals surface area contributed by atoms with Gasteiger partial charge in [0, 0.05) is 41.4 Å². The third-order valence-corrected chi connectivity index (χ3v) is 12.1. The average molecular weight is 787 g/mol. The van der Waals surface area contributed by atoms with Crippen LogP contribution < -0.4 is 5.32 Å². The van der Waals surface area contributed by atoms with Gasteiger partial charge in [-0.15, -0.1) is 11.3 Å². The number of hydrogen-bond acceptors (Lipinski definition) is 15. The SMILES string of the molecule is CC[C@@H]1OC(=O)[C@H](C)C(=O)[C@H](C)[C@@H](O[C@@H]2O[C@H](C)C[C@H](N(C)C)[C@H]2O)[C@@](C)(OCC#Cc2cc(-c3nccs3)no2)C[C@@H](C)C(=O)[C@@H](C)[C@H]2NC(=O)O[C@]12C. The summed E-state index contributed by atoms with van der Waals surface area (Å²) in [6.45, 7) is 13.4. The number of hydrogen-bond donors (Lipinski definition) is 2. The van der Waals surface area contributed by atoms with E-state index in [9.17, 15) is 24.3 Å². The fourth-order valence-corrected chi connectivity index (χ4v) is 8.82. The summed E-state index contributed by atoms with van der Waals surface area (Å²) in [6, 6.07) is 0.487. The number of likely N-dealkylation sites (N-methyl/N-ethyl adjacent to an activating group) is 1. The number of aliphatic hydroxyl groups is 1. The molecule has 2 aromatic rings. The molecule has 1 amide bonds. The molecule has 15 nitrogen and oxygen atoms in total. The van der Waals surface area contributed by atoms with E-state index < -0.39 is 83.4 Å². The lowest BCUT2D eigenvalue weighted by atomic mass is 9.73. The van der Waals surface area contributed by atoms with Crippen molar-refractivity contribution in [1.29, 1.82) is 0 Å². The van der Waals surface area contributed by atoms with E-state index in [-0.39, 0.29) is 43.1 Å². The second kappa shape index (κ2) is 17.2. The van der Waals surface area contributed by atoms with Crippen LogP contribution in [0.3, 0.4) is 0 Å². The molecule has 0 saturated carbocycles. The van der Waals surface area contributed by atoms with Gasteiger partial charge in [-0.25, -0.2) is 9.78 Å². The Hall–Kier alpha value is -3.72. The minimum atomic E-state index is -1.44. The number of cyclic esters (lactones) is 1. The van der Waals surface area contributed by atoms with Gasteiger partial charge in [0.1, 0.15) is 41.2 Å². The fraction of sp³-hybridized carbons (Fsp3) is 0.692. The number of thiazole rings is 1. The first-order valence-corrected chi connectivity index (χ1v) is 19.7. The van der Waals surface area contributed by atoms with Gasteiger partial charge in [-0.1, -0.05) is 38.8 Å². The van der Waals surface area contributed by atoms with E-state index in [4.69, 9.17) is 28.2 Å². The van der Waals surface area contributed by atoms with E-state index in [1.54, 1.807) is 53.8 Å². The lowest BCUT2D eigenvalue weighted by Crippen LogP contribution is -2.60. The van der Waals surface area contributed by atoms with Crippen molar-refractivity contribution in [3.8, 4) is 22.5 Å². The van der Waals surface area contributed by atoms with Crippen LogP contribution in [0.1, 0.15) is 80.4 Å². The van der Waals surface area contributed by atoms with E-state index in [1.807, 2.05) is 31.3 Å². The molecule has 5 rings (SSSR count). The molecule has 3 aliphatic rings. The molecule has 5 heterocycles. The summed E-state index contributed by atoms with van der Waals surface area (Å²) < 4.78 is 36.5. The molecule has 3 saturated heterocycles. The van der Waals surface area contributed by atoms with Gasteiger partial charge in [0.15, 0.2) is 17.7 Å². The summed E-state index contributed by atoms with van der Waals surface area (Å²) in [5.41, 5.74) is -2.30. The highest BCUT2D eigenvalue weighted by Crippen LogP contribution is 2.40. The number of ketones is 2. The molecule has 302 valence electrons. The topological polar surface area (TPSA) is 189 Å². The van der Waals surface area contributed by atoms with Crippen molar-refractivity contribution in [3.63, 3.8) is 0 Å². The van der Waals surface area contributed by atoms with Crippen molar-refractivity contribution in [3.05, 3.63) is 23.4 Å². The van der Waals surface area contributed by atoms with Gasteiger partial charge in [0.2, 0.25) is 5.76 Å². The van der Waals surface area contributed by atoms with E-state index in [2.05, 4.69) is 27.3 Å². The Balaban J connectivity index is 1.55. The number of nitrogens with zero attached hydrogens (tertiary/aromatic N) is 3. The van der Waals surface area contributed by atoms with Crippen LogP contribution in [-0.4, -0.2) is 118 Å². The first-order chi connectivity index (χ1) is 25.9. The van der Waals surface area contributed by atoms with Crippen LogP contribution in [0.2, 0.25) is 0 Å². The maximum absolute atomic E-state index is 14.4. The van der Waals surface area contributed by atoms with Crippen molar-refractivity contribution in [2.45, 2.75) is 129 Å². The second-order valence-electron chi connectivity index (χ2n) is 15.7. The van der Waals surface area contributed by atoms with Crippen molar-refractivity contribution in [2.75, 3.05) is 20.7 Å². The molecule has 0 aliphatic carbocycles. The van der Waals surface area contributed by atoms with E-state index >= 15 is 0 Å². The van der Waals surface area contributed by atoms with Crippen molar-refractivity contribution in [1.82, 2.24) is 20.4 Å². The number of amides is 1. The number of alkyl carbamates (subject to hydrolysis) is 1. The third-order valence-electron chi connectivity index (χ3n) is 11.3. The smallest absolute Gasteiger partial charge is 0.408 e. The van der Waals surface area contributed by atoms with Gasteiger partial charge in [0.05, 0.1) is 23.9 Å². The van der Waals surface area contributed by atoms with Crippen LogP contribution >= 0.6 is 11.3 Å². The van der Waals surface area contributed by atoms with Crippen LogP contribution in [0, 0.1) is 35.5 Å². The summed E-state index contributed by atoms with van der Waals surface area (Å²) in [7, 11) is 3.70. The van der Waals surface area contributed by atoms with Crippen LogP contribution in [0.4, 0.5) is 4.79 Å². The predicted octanol–water partition coefficient (Wildman–Crippen LogP) is 4.01. The number of rotatable bonds is 7. The van der Waals surface area contributed by atoms with Crippen molar-refractivity contribution < 1.29 is 52.5 Å². The summed E-state index contributed by atoms with van der Waals surface area (Å²) in [4.78, 5) is 61.4. The molecule has 3 fully saturated rings. The quantitative estimate of drug-likeness (QED) is 0.233. The number of carbonyl (C=O) groups is 4. The highest BCUT2D eigenvalue weighted by Gasteiger charge is 2.57. The Kier molecular flexibility index (Phi) is 13.3. The Morgan fingerprint density at radius 3 is 2.47 bits per heavy atom. The first-order valence-electron chi connectivity index (χ1n) is 18.8. The number of nitrogens with one attached hydrogen (secondary N) is 1. The molecule has 16 heteroatoms. The molecule has 0 bridgehead atoms. The Labute approximate surface area is 326 Å². The fourth-order valence-electron chi connectivity index (χ4n) is 8.24. The van der Waals surface area contributed by atoms with Gasteiger partial charge in [0.25, 0.3) is 0 Å². The summed E-state index contributed by atoms with van der Waals surface area (Å²) in [6.07, 6.45) is -2.99. The summed E-state index contributed by atoms with van der Waals surface area (Å²) in [5.74, 6) is 0.774. The zero-order valence-electron chi connectivity index (χ0n) is 33.2. The van der Waals surface area contributed by atoms with Crippen molar-refractivity contribution in [2.24, 2.45) is 23.7 Å². The molecule has 0 aromatic carbocycles. The van der Waals surface area contributed by atoms with E-state index in [0.717, 1.165) is 0 Å².